The van der Waals surface area contributed by atoms with Crippen molar-refractivity contribution in [3.63, 3.8) is 0 Å². The van der Waals surface area contributed by atoms with Gasteiger partial charge in [0.15, 0.2) is 5.96 Å². The predicted octanol–water partition coefficient (Wildman–Crippen LogP) is 2.25. The summed E-state index contributed by atoms with van der Waals surface area (Å²) in [7, 11) is 1.76. The van der Waals surface area contributed by atoms with Crippen molar-refractivity contribution in [3.8, 4) is 0 Å². The van der Waals surface area contributed by atoms with Gasteiger partial charge in [-0.2, -0.15) is 5.10 Å². The van der Waals surface area contributed by atoms with Crippen LogP contribution in [0.5, 0.6) is 0 Å². The quantitative estimate of drug-likeness (QED) is 0.285. The first kappa shape index (κ1) is 20.4. The molecule has 1 aromatic carbocycles. The lowest BCUT2D eigenvalue weighted by Gasteiger charge is -2.10. The van der Waals surface area contributed by atoms with E-state index in [9.17, 15) is 0 Å². The second-order valence-corrected chi connectivity index (χ2v) is 5.08. The molecule has 0 atom stereocenters. The van der Waals surface area contributed by atoms with Crippen LogP contribution in [0.25, 0.3) is 0 Å². The van der Waals surface area contributed by atoms with E-state index >= 15 is 0 Å². The van der Waals surface area contributed by atoms with Crippen LogP contribution in [-0.4, -0.2) is 42.5 Å². The Morgan fingerprint density at radius 1 is 1.21 bits per heavy atom. The average Bonchev–Trinajstić information content (AvgIpc) is 3.02. The molecular formula is C17H26IN5O. The van der Waals surface area contributed by atoms with Crippen LogP contribution in [0.2, 0.25) is 0 Å². The molecule has 0 aliphatic rings. The minimum Gasteiger partial charge on any atom is -0.380 e. The van der Waals surface area contributed by atoms with Gasteiger partial charge in [0.1, 0.15) is 0 Å². The van der Waals surface area contributed by atoms with Crippen LogP contribution in [0.3, 0.4) is 0 Å². The number of halogens is 1. The largest absolute Gasteiger partial charge is 0.380 e. The van der Waals surface area contributed by atoms with Crippen LogP contribution in [0.15, 0.2) is 47.7 Å². The van der Waals surface area contributed by atoms with Crippen molar-refractivity contribution >= 4 is 29.9 Å². The first-order chi connectivity index (χ1) is 11.3. The zero-order valence-corrected chi connectivity index (χ0v) is 16.6. The molecule has 6 nitrogen and oxygen atoms in total. The number of aliphatic imine (C=N–C) groups is 1. The Hall–Kier alpha value is -1.61. The van der Waals surface area contributed by atoms with Crippen LogP contribution in [-0.2, 0) is 17.8 Å². The van der Waals surface area contributed by atoms with Gasteiger partial charge in [0.05, 0.1) is 19.3 Å². The molecule has 2 rings (SSSR count). The van der Waals surface area contributed by atoms with Gasteiger partial charge in [0, 0.05) is 38.5 Å². The normalized spacial score (nSPS) is 11.0. The molecule has 24 heavy (non-hydrogen) atoms. The van der Waals surface area contributed by atoms with E-state index in [2.05, 4.69) is 32.9 Å². The fourth-order valence-electron chi connectivity index (χ4n) is 2.15. The van der Waals surface area contributed by atoms with Crippen molar-refractivity contribution in [2.24, 2.45) is 4.99 Å². The molecule has 0 aliphatic carbocycles. The Labute approximate surface area is 160 Å². The zero-order valence-electron chi connectivity index (χ0n) is 14.2. The molecule has 2 N–H and O–H groups in total. The molecule has 0 fully saturated rings. The van der Waals surface area contributed by atoms with Gasteiger partial charge < -0.3 is 15.4 Å². The first-order valence-electron chi connectivity index (χ1n) is 7.89. The summed E-state index contributed by atoms with van der Waals surface area (Å²) in [6.07, 6.45) is 3.93. The predicted molar refractivity (Wildman–Crippen MR) is 108 cm³/mol. The van der Waals surface area contributed by atoms with Crippen LogP contribution < -0.4 is 10.6 Å². The number of benzene rings is 1. The number of rotatable bonds is 8. The van der Waals surface area contributed by atoms with E-state index in [1.807, 2.05) is 42.2 Å². The van der Waals surface area contributed by atoms with Crippen molar-refractivity contribution in [2.45, 2.75) is 20.0 Å². The van der Waals surface area contributed by atoms with E-state index in [1.54, 1.807) is 7.05 Å². The molecule has 0 saturated heterocycles. The molecular weight excluding hydrogens is 417 g/mol. The molecule has 2 aromatic rings. The fourth-order valence-corrected chi connectivity index (χ4v) is 2.15. The van der Waals surface area contributed by atoms with E-state index in [0.717, 1.165) is 31.2 Å². The lowest BCUT2D eigenvalue weighted by atomic mass is 10.2. The summed E-state index contributed by atoms with van der Waals surface area (Å²) in [6.45, 7) is 5.59. The molecule has 1 heterocycles. The third-order valence-electron chi connectivity index (χ3n) is 3.30. The molecule has 0 radical (unpaired) electrons. The molecule has 0 amide bonds. The summed E-state index contributed by atoms with van der Waals surface area (Å²) in [4.78, 5) is 4.19. The van der Waals surface area contributed by atoms with E-state index in [-0.39, 0.29) is 24.0 Å². The number of hydrogen-bond donors (Lipinski definition) is 2. The number of guanidine groups is 1. The average molecular weight is 443 g/mol. The molecule has 0 bridgehead atoms. The number of ether oxygens (including phenoxy) is 1. The van der Waals surface area contributed by atoms with Crippen molar-refractivity contribution in [1.29, 1.82) is 0 Å². The summed E-state index contributed by atoms with van der Waals surface area (Å²) in [6, 6.07) is 10.3. The maximum Gasteiger partial charge on any atom is 0.191 e. The monoisotopic (exact) mass is 443 g/mol. The Balaban J connectivity index is 0.00000288. The van der Waals surface area contributed by atoms with E-state index in [1.165, 1.54) is 5.56 Å². The molecule has 132 valence electrons. The highest BCUT2D eigenvalue weighted by molar-refractivity contribution is 14.0. The highest BCUT2D eigenvalue weighted by atomic mass is 127. The second kappa shape index (κ2) is 11.9. The summed E-state index contributed by atoms with van der Waals surface area (Å²) in [5.41, 5.74) is 2.36. The Bertz CT molecular complexity index is 600. The van der Waals surface area contributed by atoms with Gasteiger partial charge in [-0.3, -0.25) is 9.67 Å². The maximum atomic E-state index is 5.29. The summed E-state index contributed by atoms with van der Waals surface area (Å²) in [5, 5.41) is 10.9. The number of nitrogens with one attached hydrogen (secondary N) is 2. The topological polar surface area (TPSA) is 63.5 Å². The number of nitrogens with zero attached hydrogens (tertiary/aromatic N) is 3. The van der Waals surface area contributed by atoms with Crippen molar-refractivity contribution < 1.29 is 4.74 Å². The fraction of sp³-hybridized carbons (Fsp3) is 0.412. The molecule has 0 unspecified atom stereocenters. The highest BCUT2D eigenvalue weighted by Crippen LogP contribution is 2.03. The molecule has 0 spiro atoms. The molecule has 1 aromatic heterocycles. The van der Waals surface area contributed by atoms with Gasteiger partial charge in [-0.05, 0) is 12.5 Å². The lowest BCUT2D eigenvalue weighted by molar-refractivity contribution is 0.152. The highest BCUT2D eigenvalue weighted by Gasteiger charge is 2.02. The Kier molecular flexibility index (Phi) is 10.1. The first-order valence-corrected chi connectivity index (χ1v) is 7.89. The van der Waals surface area contributed by atoms with Gasteiger partial charge in [-0.1, -0.05) is 30.3 Å². The summed E-state index contributed by atoms with van der Waals surface area (Å²) in [5.74, 6) is 0.764. The minimum atomic E-state index is 0. The standard InChI is InChI=1S/C17H25N5O.HI/c1-3-23-10-9-19-17(18-2)20-11-16-12-21-22(14-16)13-15-7-5-4-6-8-15;/h4-8,12,14H,3,9-11,13H2,1-2H3,(H2,18,19,20);1H. The minimum absolute atomic E-state index is 0. The van der Waals surface area contributed by atoms with E-state index < -0.39 is 0 Å². The summed E-state index contributed by atoms with van der Waals surface area (Å²) < 4.78 is 7.23. The summed E-state index contributed by atoms with van der Waals surface area (Å²) >= 11 is 0. The van der Waals surface area contributed by atoms with Crippen LogP contribution >= 0.6 is 24.0 Å². The van der Waals surface area contributed by atoms with Crippen molar-refractivity contribution in [2.75, 3.05) is 26.8 Å². The van der Waals surface area contributed by atoms with Crippen molar-refractivity contribution in [1.82, 2.24) is 20.4 Å². The second-order valence-electron chi connectivity index (χ2n) is 5.08. The molecule has 7 heteroatoms. The van der Waals surface area contributed by atoms with Crippen LogP contribution in [0.1, 0.15) is 18.1 Å². The smallest absolute Gasteiger partial charge is 0.191 e. The third kappa shape index (κ3) is 7.31. The van der Waals surface area contributed by atoms with Gasteiger partial charge in [-0.25, -0.2) is 0 Å². The van der Waals surface area contributed by atoms with Crippen LogP contribution in [0.4, 0.5) is 0 Å². The zero-order chi connectivity index (χ0) is 16.3. The van der Waals surface area contributed by atoms with Crippen LogP contribution in [0, 0.1) is 0 Å². The molecule has 0 saturated carbocycles. The third-order valence-corrected chi connectivity index (χ3v) is 3.30. The van der Waals surface area contributed by atoms with Gasteiger partial charge in [0.2, 0.25) is 0 Å². The van der Waals surface area contributed by atoms with Crippen molar-refractivity contribution in [3.05, 3.63) is 53.9 Å². The Morgan fingerprint density at radius 2 is 2.00 bits per heavy atom. The van der Waals surface area contributed by atoms with E-state index in [4.69, 9.17) is 4.74 Å². The molecule has 0 aliphatic heterocycles. The SMILES string of the molecule is CCOCCNC(=NC)NCc1cnn(Cc2ccccc2)c1.I. The van der Waals surface area contributed by atoms with Gasteiger partial charge >= 0.3 is 0 Å². The number of hydrogen-bond acceptors (Lipinski definition) is 3. The van der Waals surface area contributed by atoms with Gasteiger partial charge in [0.25, 0.3) is 0 Å². The van der Waals surface area contributed by atoms with E-state index in [0.29, 0.717) is 13.2 Å². The number of aromatic nitrogens is 2. The Morgan fingerprint density at radius 3 is 2.71 bits per heavy atom. The maximum absolute atomic E-state index is 5.29. The van der Waals surface area contributed by atoms with Gasteiger partial charge in [-0.15, -0.1) is 24.0 Å². The lowest BCUT2D eigenvalue weighted by Crippen LogP contribution is -2.38.